The Balaban J connectivity index is 1.42. The van der Waals surface area contributed by atoms with Crippen LogP contribution in [-0.2, 0) is 0 Å². The van der Waals surface area contributed by atoms with Gasteiger partial charge in [0.05, 0.1) is 16.3 Å². The van der Waals surface area contributed by atoms with Gasteiger partial charge in [-0.2, -0.15) is 5.10 Å². The van der Waals surface area contributed by atoms with Crippen molar-refractivity contribution in [2.24, 2.45) is 0 Å². The molecule has 1 amide bonds. The first-order chi connectivity index (χ1) is 13.6. The van der Waals surface area contributed by atoms with E-state index in [2.05, 4.69) is 20.4 Å². The van der Waals surface area contributed by atoms with Crippen LogP contribution in [0.5, 0.6) is 0 Å². The van der Waals surface area contributed by atoms with Crippen LogP contribution in [0.2, 0.25) is 0 Å². The van der Waals surface area contributed by atoms with Gasteiger partial charge in [-0.25, -0.2) is 19.6 Å². The van der Waals surface area contributed by atoms with Gasteiger partial charge >= 0.3 is 0 Å². The number of benzene rings is 1. The Hall–Kier alpha value is -3.13. The number of carbonyl (C=O) groups is 1. The molecule has 1 N–H and O–H groups in total. The maximum atomic E-state index is 12.9. The summed E-state index contributed by atoms with van der Waals surface area (Å²) in [5.41, 5.74) is 3.51. The lowest BCUT2D eigenvalue weighted by molar-refractivity contribution is 0.103. The first-order valence-corrected chi connectivity index (χ1v) is 9.96. The number of hydrogen-bond acceptors (Lipinski definition) is 6. The number of nitrogens with zero attached hydrogens (tertiary/aromatic N) is 5. The van der Waals surface area contributed by atoms with Crippen LogP contribution < -0.4 is 5.32 Å². The van der Waals surface area contributed by atoms with Crippen LogP contribution in [0, 0.1) is 13.8 Å². The number of carbonyl (C=O) groups excluding carboxylic acids is 1. The second-order valence-electron chi connectivity index (χ2n) is 7.02. The van der Waals surface area contributed by atoms with Gasteiger partial charge in [0.2, 0.25) is 0 Å². The van der Waals surface area contributed by atoms with Crippen LogP contribution in [-0.4, -0.2) is 30.6 Å². The number of rotatable bonds is 4. The van der Waals surface area contributed by atoms with Gasteiger partial charge in [0.15, 0.2) is 0 Å². The van der Waals surface area contributed by atoms with Crippen molar-refractivity contribution in [1.29, 1.82) is 0 Å². The van der Waals surface area contributed by atoms with E-state index in [4.69, 9.17) is 4.98 Å². The van der Waals surface area contributed by atoms with E-state index in [1.807, 2.05) is 38.1 Å². The van der Waals surface area contributed by atoms with Gasteiger partial charge in [0.25, 0.3) is 5.91 Å². The zero-order valence-electron chi connectivity index (χ0n) is 15.5. The predicted octanol–water partition coefficient (Wildman–Crippen LogP) is 4.02. The molecule has 1 aromatic carbocycles. The van der Waals surface area contributed by atoms with Crippen LogP contribution in [0.15, 0.2) is 36.9 Å². The molecule has 5 rings (SSSR count). The molecule has 140 valence electrons. The minimum absolute atomic E-state index is 0.124. The van der Waals surface area contributed by atoms with E-state index in [9.17, 15) is 4.79 Å². The van der Waals surface area contributed by atoms with Crippen LogP contribution in [0.4, 0.5) is 5.69 Å². The summed E-state index contributed by atoms with van der Waals surface area (Å²) in [6.45, 7) is 3.97. The average molecular weight is 390 g/mol. The number of fused-ring (bicyclic) bond motifs is 1. The van der Waals surface area contributed by atoms with E-state index in [1.165, 1.54) is 17.7 Å². The van der Waals surface area contributed by atoms with E-state index in [1.54, 1.807) is 11.0 Å². The van der Waals surface area contributed by atoms with Crippen LogP contribution >= 0.6 is 11.3 Å². The van der Waals surface area contributed by atoms with E-state index in [-0.39, 0.29) is 5.91 Å². The first kappa shape index (κ1) is 17.0. The zero-order valence-corrected chi connectivity index (χ0v) is 16.3. The summed E-state index contributed by atoms with van der Waals surface area (Å²) in [4.78, 5) is 27.8. The molecule has 7 nitrogen and oxygen atoms in total. The number of hydrogen-bond donors (Lipinski definition) is 1. The first-order valence-electron chi connectivity index (χ1n) is 9.14. The third kappa shape index (κ3) is 2.95. The van der Waals surface area contributed by atoms with Crippen molar-refractivity contribution in [1.82, 2.24) is 24.7 Å². The molecule has 1 fully saturated rings. The molecule has 0 saturated heterocycles. The van der Waals surface area contributed by atoms with Gasteiger partial charge in [-0.3, -0.25) is 4.79 Å². The molecule has 3 aromatic heterocycles. The summed E-state index contributed by atoms with van der Waals surface area (Å²) in [6, 6.07) is 7.49. The van der Waals surface area contributed by atoms with Crippen molar-refractivity contribution >= 4 is 33.1 Å². The van der Waals surface area contributed by atoms with Gasteiger partial charge in [-0.15, -0.1) is 11.3 Å². The molecule has 0 spiro atoms. The molecular weight excluding hydrogens is 372 g/mol. The van der Waals surface area contributed by atoms with Crippen molar-refractivity contribution in [2.45, 2.75) is 32.6 Å². The predicted molar refractivity (Wildman–Crippen MR) is 108 cm³/mol. The highest BCUT2D eigenvalue weighted by atomic mass is 32.1. The highest BCUT2D eigenvalue weighted by molar-refractivity contribution is 7.20. The third-order valence-corrected chi connectivity index (χ3v) is 6.13. The van der Waals surface area contributed by atoms with Crippen molar-refractivity contribution in [3.8, 4) is 5.69 Å². The molecule has 0 bridgehead atoms. The fraction of sp³-hybridized carbons (Fsp3) is 0.250. The van der Waals surface area contributed by atoms with Gasteiger partial charge in [-0.1, -0.05) is 0 Å². The molecule has 8 heteroatoms. The number of anilines is 1. The van der Waals surface area contributed by atoms with Crippen molar-refractivity contribution < 1.29 is 4.79 Å². The fourth-order valence-corrected chi connectivity index (χ4v) is 4.46. The van der Waals surface area contributed by atoms with Crippen LogP contribution in [0.3, 0.4) is 0 Å². The summed E-state index contributed by atoms with van der Waals surface area (Å²) in [5.74, 6) is 1.29. The summed E-state index contributed by atoms with van der Waals surface area (Å²) >= 11 is 1.44. The highest BCUT2D eigenvalue weighted by Gasteiger charge is 2.28. The van der Waals surface area contributed by atoms with E-state index >= 15 is 0 Å². The minimum Gasteiger partial charge on any atom is -0.321 e. The average Bonchev–Trinajstić information content (AvgIpc) is 3.28. The number of aromatic nitrogens is 5. The maximum absolute atomic E-state index is 12.9. The monoisotopic (exact) mass is 390 g/mol. The highest BCUT2D eigenvalue weighted by Crippen LogP contribution is 2.40. The Kier molecular flexibility index (Phi) is 3.94. The molecular formula is C20H18N6OS. The van der Waals surface area contributed by atoms with Gasteiger partial charge in [-0.05, 0) is 56.5 Å². The lowest BCUT2D eigenvalue weighted by Crippen LogP contribution is -2.11. The second-order valence-corrected chi connectivity index (χ2v) is 8.02. The largest absolute Gasteiger partial charge is 0.321 e. The number of amides is 1. The number of nitrogens with one attached hydrogen (secondary N) is 1. The Morgan fingerprint density at radius 3 is 2.64 bits per heavy atom. The molecule has 0 unspecified atom stereocenters. The third-order valence-electron chi connectivity index (χ3n) is 4.95. The normalized spacial score (nSPS) is 13.8. The smallest absolute Gasteiger partial charge is 0.266 e. The summed E-state index contributed by atoms with van der Waals surface area (Å²) in [7, 11) is 0. The van der Waals surface area contributed by atoms with Crippen LogP contribution in [0.25, 0.3) is 15.9 Å². The lowest BCUT2D eigenvalue weighted by atomic mass is 10.1. The molecule has 0 atom stereocenters. The molecule has 4 aromatic rings. The molecule has 3 heterocycles. The molecule has 28 heavy (non-hydrogen) atoms. The molecule has 1 saturated carbocycles. The maximum Gasteiger partial charge on any atom is 0.266 e. The van der Waals surface area contributed by atoms with E-state index in [0.29, 0.717) is 10.8 Å². The summed E-state index contributed by atoms with van der Waals surface area (Å²) in [6.07, 6.45) is 5.44. The van der Waals surface area contributed by atoms with E-state index < -0.39 is 0 Å². The van der Waals surface area contributed by atoms with Gasteiger partial charge in [0.1, 0.15) is 23.3 Å². The van der Waals surface area contributed by atoms with Crippen molar-refractivity contribution in [2.75, 3.05) is 5.32 Å². The van der Waals surface area contributed by atoms with E-state index in [0.717, 1.165) is 51.5 Å². The second kappa shape index (κ2) is 6.49. The zero-order chi connectivity index (χ0) is 19.3. The molecule has 1 aliphatic rings. The van der Waals surface area contributed by atoms with Gasteiger partial charge < -0.3 is 5.32 Å². The number of thiophene rings is 1. The van der Waals surface area contributed by atoms with Crippen LogP contribution in [0.1, 0.15) is 45.5 Å². The SMILES string of the molecule is Cc1nc(C2CC2)nc2sc(C(=O)Nc3ccc(-n4cncn4)cc3)c(C)c12. The minimum atomic E-state index is -0.124. The Bertz CT molecular complexity index is 1180. The molecule has 0 aliphatic heterocycles. The summed E-state index contributed by atoms with van der Waals surface area (Å²) < 4.78 is 1.67. The number of aryl methyl sites for hydroxylation is 2. The fourth-order valence-electron chi connectivity index (χ4n) is 3.33. The quantitative estimate of drug-likeness (QED) is 0.569. The topological polar surface area (TPSA) is 85.6 Å². The van der Waals surface area contributed by atoms with Crippen molar-refractivity contribution in [3.63, 3.8) is 0 Å². The van der Waals surface area contributed by atoms with Gasteiger partial charge in [0, 0.05) is 17.0 Å². The lowest BCUT2D eigenvalue weighted by Gasteiger charge is -2.06. The molecule has 1 aliphatic carbocycles. The standard InChI is InChI=1S/C20H18N6OS/c1-11-16-12(2)23-18(13-3-4-13)25-20(16)28-17(11)19(27)24-14-5-7-15(8-6-14)26-10-21-9-22-26/h5-10,13H,3-4H2,1-2H3,(H,24,27). The molecule has 0 radical (unpaired) electrons. The van der Waals surface area contributed by atoms with Crippen molar-refractivity contribution in [3.05, 3.63) is 58.9 Å². The Morgan fingerprint density at radius 1 is 1.18 bits per heavy atom. The Labute approximate surface area is 165 Å². The Morgan fingerprint density at radius 2 is 1.96 bits per heavy atom. The summed E-state index contributed by atoms with van der Waals surface area (Å²) in [5, 5.41) is 8.08.